The van der Waals surface area contributed by atoms with E-state index in [0.29, 0.717) is 11.8 Å². The quantitative estimate of drug-likeness (QED) is 0.321. The number of likely N-dealkylation sites (tertiary alicyclic amines) is 1. The van der Waals surface area contributed by atoms with Crippen molar-refractivity contribution in [3.63, 3.8) is 0 Å². The molecular weight excluding hydrogens is 468 g/mol. The number of nitrogens with one attached hydrogen (secondary N) is 3. The SMILES string of the molecule is CNC(=O)COc1ccc(-c2nc3cc(NC4CCN(Cc5ccc(OC)cc5)CC4)ncc3[nH]2)cc1. The highest BCUT2D eigenvalue weighted by Gasteiger charge is 2.20. The molecule has 1 saturated heterocycles. The number of likely N-dealkylation sites (N-methyl/N-ethyl adjacent to an activating group) is 1. The largest absolute Gasteiger partial charge is 0.497 e. The van der Waals surface area contributed by atoms with Crippen molar-refractivity contribution in [1.82, 2.24) is 25.2 Å². The first-order chi connectivity index (χ1) is 18.1. The van der Waals surface area contributed by atoms with Gasteiger partial charge in [-0.3, -0.25) is 9.69 Å². The van der Waals surface area contributed by atoms with Crippen LogP contribution in [-0.4, -0.2) is 65.7 Å². The number of ether oxygens (including phenoxy) is 2. The Kier molecular flexibility index (Phi) is 7.51. The maximum atomic E-state index is 11.4. The fourth-order valence-electron chi connectivity index (χ4n) is 4.49. The summed E-state index contributed by atoms with van der Waals surface area (Å²) in [5, 5.41) is 6.14. The first-order valence-corrected chi connectivity index (χ1v) is 12.5. The van der Waals surface area contributed by atoms with Crippen LogP contribution in [-0.2, 0) is 11.3 Å². The lowest BCUT2D eigenvalue weighted by atomic mass is 10.0. The predicted molar refractivity (Wildman–Crippen MR) is 144 cm³/mol. The van der Waals surface area contributed by atoms with Crippen LogP contribution in [0.25, 0.3) is 22.4 Å². The molecule has 0 aliphatic carbocycles. The van der Waals surface area contributed by atoms with Crippen molar-refractivity contribution < 1.29 is 14.3 Å². The van der Waals surface area contributed by atoms with Gasteiger partial charge in [0.25, 0.3) is 5.91 Å². The number of carbonyl (C=O) groups is 1. The van der Waals surface area contributed by atoms with Crippen molar-refractivity contribution in [2.24, 2.45) is 0 Å². The van der Waals surface area contributed by atoms with Crippen LogP contribution >= 0.6 is 0 Å². The molecule has 2 aromatic heterocycles. The molecule has 2 aromatic carbocycles. The summed E-state index contributed by atoms with van der Waals surface area (Å²) in [7, 11) is 3.28. The number of benzene rings is 2. The van der Waals surface area contributed by atoms with E-state index in [1.54, 1.807) is 14.2 Å². The number of aromatic amines is 1. The van der Waals surface area contributed by atoms with Gasteiger partial charge in [0.15, 0.2) is 6.61 Å². The first kappa shape index (κ1) is 24.6. The number of hydrogen-bond acceptors (Lipinski definition) is 7. The number of amides is 1. The Morgan fingerprint density at radius 3 is 2.51 bits per heavy atom. The van der Waals surface area contributed by atoms with E-state index >= 15 is 0 Å². The molecule has 0 radical (unpaired) electrons. The van der Waals surface area contributed by atoms with E-state index in [-0.39, 0.29) is 12.5 Å². The Morgan fingerprint density at radius 2 is 1.81 bits per heavy atom. The summed E-state index contributed by atoms with van der Waals surface area (Å²) in [5.74, 6) is 2.96. The molecule has 1 fully saturated rings. The fourth-order valence-corrected chi connectivity index (χ4v) is 4.49. The normalized spacial score (nSPS) is 14.4. The highest BCUT2D eigenvalue weighted by molar-refractivity contribution is 5.81. The third kappa shape index (κ3) is 6.18. The number of H-pyrrole nitrogens is 1. The van der Waals surface area contributed by atoms with E-state index in [2.05, 4.69) is 37.6 Å². The predicted octanol–water partition coefficient (Wildman–Crippen LogP) is 3.83. The van der Waals surface area contributed by atoms with E-state index in [4.69, 9.17) is 14.5 Å². The Hall–Kier alpha value is -4.11. The number of imidazole rings is 1. The van der Waals surface area contributed by atoms with Gasteiger partial charge in [0.2, 0.25) is 0 Å². The summed E-state index contributed by atoms with van der Waals surface area (Å²) in [5.41, 5.74) is 3.99. The summed E-state index contributed by atoms with van der Waals surface area (Å²) in [6.45, 7) is 3.03. The second-order valence-corrected chi connectivity index (χ2v) is 9.20. The number of pyridine rings is 1. The van der Waals surface area contributed by atoms with Crippen molar-refractivity contribution in [3.8, 4) is 22.9 Å². The van der Waals surface area contributed by atoms with E-state index in [9.17, 15) is 4.79 Å². The molecule has 0 spiro atoms. The Balaban J connectivity index is 1.16. The average molecular weight is 501 g/mol. The molecule has 3 N–H and O–H groups in total. The molecule has 5 rings (SSSR count). The van der Waals surface area contributed by atoms with E-state index in [0.717, 1.165) is 66.5 Å². The number of nitrogens with zero attached hydrogens (tertiary/aromatic N) is 3. The Morgan fingerprint density at radius 1 is 1.08 bits per heavy atom. The zero-order valence-corrected chi connectivity index (χ0v) is 21.2. The standard InChI is InChI=1S/C28H32N6O3/c1-29-27(35)18-37-23-9-5-20(6-10-23)28-32-24-15-26(30-16-25(24)33-28)31-21-11-13-34(14-12-21)17-19-3-7-22(36-2)8-4-19/h3-10,15-16,21H,11-14,17-18H2,1-2H3,(H,29,35)(H,30,31)(H,32,33). The lowest BCUT2D eigenvalue weighted by molar-refractivity contribution is -0.122. The maximum Gasteiger partial charge on any atom is 0.257 e. The Bertz CT molecular complexity index is 1330. The van der Waals surface area contributed by atoms with Crippen molar-refractivity contribution >= 4 is 22.8 Å². The minimum atomic E-state index is -0.169. The van der Waals surface area contributed by atoms with Gasteiger partial charge in [-0.2, -0.15) is 0 Å². The molecule has 37 heavy (non-hydrogen) atoms. The molecule has 1 amide bonds. The van der Waals surface area contributed by atoms with Crippen LogP contribution in [0, 0.1) is 0 Å². The average Bonchev–Trinajstić information content (AvgIpc) is 3.37. The highest BCUT2D eigenvalue weighted by Crippen LogP contribution is 2.25. The zero-order valence-electron chi connectivity index (χ0n) is 21.2. The van der Waals surface area contributed by atoms with Crippen molar-refractivity contribution in [2.45, 2.75) is 25.4 Å². The number of piperidine rings is 1. The van der Waals surface area contributed by atoms with E-state index < -0.39 is 0 Å². The summed E-state index contributed by atoms with van der Waals surface area (Å²) in [6, 6.07) is 18.2. The molecule has 3 heterocycles. The smallest absolute Gasteiger partial charge is 0.257 e. The lowest BCUT2D eigenvalue weighted by Crippen LogP contribution is -2.38. The third-order valence-corrected chi connectivity index (χ3v) is 6.65. The highest BCUT2D eigenvalue weighted by atomic mass is 16.5. The van der Waals surface area contributed by atoms with Crippen LogP contribution in [0.5, 0.6) is 11.5 Å². The monoisotopic (exact) mass is 500 g/mol. The second-order valence-electron chi connectivity index (χ2n) is 9.20. The molecule has 9 nitrogen and oxygen atoms in total. The van der Waals surface area contributed by atoms with Crippen LogP contribution in [0.15, 0.2) is 60.8 Å². The zero-order chi connectivity index (χ0) is 25.6. The number of rotatable bonds is 9. The number of methoxy groups -OCH3 is 1. The number of carbonyl (C=O) groups excluding carboxylic acids is 1. The second kappa shape index (κ2) is 11.3. The molecule has 0 bridgehead atoms. The molecule has 1 aliphatic rings. The van der Waals surface area contributed by atoms with Crippen LogP contribution in [0.3, 0.4) is 0 Å². The molecule has 192 valence electrons. The maximum absolute atomic E-state index is 11.4. The lowest BCUT2D eigenvalue weighted by Gasteiger charge is -2.32. The summed E-state index contributed by atoms with van der Waals surface area (Å²) < 4.78 is 10.7. The summed E-state index contributed by atoms with van der Waals surface area (Å²) >= 11 is 0. The summed E-state index contributed by atoms with van der Waals surface area (Å²) in [6.07, 6.45) is 3.96. The Labute approximate surface area is 216 Å². The molecule has 0 saturated carbocycles. The fraction of sp³-hybridized carbons (Fsp3) is 0.321. The van der Waals surface area contributed by atoms with Gasteiger partial charge in [-0.15, -0.1) is 0 Å². The van der Waals surface area contributed by atoms with Gasteiger partial charge in [0.05, 0.1) is 24.3 Å². The minimum Gasteiger partial charge on any atom is -0.497 e. The van der Waals surface area contributed by atoms with Gasteiger partial charge in [0.1, 0.15) is 23.1 Å². The molecule has 4 aromatic rings. The van der Waals surface area contributed by atoms with Crippen molar-refractivity contribution in [3.05, 3.63) is 66.4 Å². The van der Waals surface area contributed by atoms with Gasteiger partial charge in [-0.1, -0.05) is 12.1 Å². The third-order valence-electron chi connectivity index (χ3n) is 6.65. The number of anilines is 1. The first-order valence-electron chi connectivity index (χ1n) is 12.5. The molecule has 1 aliphatic heterocycles. The van der Waals surface area contributed by atoms with Crippen LogP contribution < -0.4 is 20.1 Å². The minimum absolute atomic E-state index is 0.0103. The number of fused-ring (bicyclic) bond motifs is 1. The molecule has 0 unspecified atom stereocenters. The molecule has 9 heteroatoms. The number of hydrogen-bond donors (Lipinski definition) is 3. The van der Waals surface area contributed by atoms with Crippen LogP contribution in [0.1, 0.15) is 18.4 Å². The van der Waals surface area contributed by atoms with Crippen LogP contribution in [0.2, 0.25) is 0 Å². The van der Waals surface area contributed by atoms with Crippen molar-refractivity contribution in [1.29, 1.82) is 0 Å². The van der Waals surface area contributed by atoms with Gasteiger partial charge >= 0.3 is 0 Å². The van der Waals surface area contributed by atoms with E-state index in [1.807, 2.05) is 48.7 Å². The number of aromatic nitrogens is 3. The topological polar surface area (TPSA) is 104 Å². The van der Waals surface area contributed by atoms with Gasteiger partial charge < -0.3 is 25.1 Å². The van der Waals surface area contributed by atoms with Gasteiger partial charge in [-0.05, 0) is 54.8 Å². The molecule has 0 atom stereocenters. The molecular formula is C28H32N6O3. The van der Waals surface area contributed by atoms with E-state index in [1.165, 1.54) is 5.56 Å². The van der Waals surface area contributed by atoms with Gasteiger partial charge in [-0.25, -0.2) is 9.97 Å². The van der Waals surface area contributed by atoms with Crippen LogP contribution in [0.4, 0.5) is 5.82 Å². The summed E-state index contributed by atoms with van der Waals surface area (Å²) in [4.78, 5) is 26.6. The van der Waals surface area contributed by atoms with Crippen molar-refractivity contribution in [2.75, 3.05) is 39.2 Å². The van der Waals surface area contributed by atoms with Gasteiger partial charge in [0, 0.05) is 44.4 Å².